The van der Waals surface area contributed by atoms with Gasteiger partial charge in [-0.05, 0) is 6.07 Å². The summed E-state index contributed by atoms with van der Waals surface area (Å²) < 4.78 is 5.40. The van der Waals surface area contributed by atoms with E-state index in [-0.39, 0.29) is 17.2 Å². The predicted octanol–water partition coefficient (Wildman–Crippen LogP) is 1.84. The Morgan fingerprint density at radius 2 is 2.21 bits per heavy atom. The van der Waals surface area contributed by atoms with Crippen molar-refractivity contribution in [2.75, 3.05) is 14.1 Å². The van der Waals surface area contributed by atoms with E-state index in [1.807, 2.05) is 0 Å². The number of hydrogen-bond acceptors (Lipinski definition) is 6. The van der Waals surface area contributed by atoms with Gasteiger partial charge in [0, 0.05) is 32.4 Å². The lowest BCUT2D eigenvalue weighted by Gasteiger charge is -2.04. The first-order chi connectivity index (χ1) is 9.01. The molecular formula is C12H11N3O4. The van der Waals surface area contributed by atoms with E-state index < -0.39 is 4.92 Å². The Kier molecular flexibility index (Phi) is 3.28. The number of carbonyl (C=O) groups is 1. The molecule has 2 rings (SSSR count). The fourth-order valence-electron chi connectivity index (χ4n) is 1.57. The molecule has 0 radical (unpaired) electrons. The second-order valence-corrected chi connectivity index (χ2v) is 4.09. The van der Waals surface area contributed by atoms with Crippen LogP contribution < -0.4 is 0 Å². The van der Waals surface area contributed by atoms with Gasteiger partial charge in [0.2, 0.25) is 5.89 Å². The monoisotopic (exact) mass is 261 g/mol. The number of nitro benzene ring substituents is 1. The summed E-state index contributed by atoms with van der Waals surface area (Å²) in [6.07, 6.45) is 2.19. The van der Waals surface area contributed by atoms with Crippen LogP contribution in [0.3, 0.4) is 0 Å². The number of aldehydes is 1. The van der Waals surface area contributed by atoms with Crippen LogP contribution in [0, 0.1) is 10.1 Å². The average molecular weight is 261 g/mol. The van der Waals surface area contributed by atoms with Crippen LogP contribution in [0.5, 0.6) is 0 Å². The van der Waals surface area contributed by atoms with E-state index >= 15 is 0 Å². The normalized spacial score (nSPS) is 11.6. The Balaban J connectivity index is 2.52. The minimum Gasteiger partial charge on any atom is -0.436 e. The maximum atomic E-state index is 11.0. The van der Waals surface area contributed by atoms with Crippen molar-refractivity contribution in [1.29, 1.82) is 0 Å². The second-order valence-electron chi connectivity index (χ2n) is 4.09. The topological polar surface area (TPSA) is 89.5 Å². The van der Waals surface area contributed by atoms with Crippen LogP contribution in [-0.2, 0) is 4.79 Å². The van der Waals surface area contributed by atoms with Crippen LogP contribution >= 0.6 is 0 Å². The number of non-ortho nitro benzene ring substituents is 1. The van der Waals surface area contributed by atoms with Gasteiger partial charge in [-0.25, -0.2) is 4.98 Å². The van der Waals surface area contributed by atoms with E-state index in [9.17, 15) is 14.9 Å². The van der Waals surface area contributed by atoms with Crippen LogP contribution in [0.2, 0.25) is 0 Å². The molecule has 0 fully saturated rings. The van der Waals surface area contributed by atoms with E-state index in [4.69, 9.17) is 4.42 Å². The number of rotatable bonds is 4. The summed E-state index contributed by atoms with van der Waals surface area (Å²) in [5.74, 6) is 0.138. The molecule has 0 N–H and O–H groups in total. The molecule has 98 valence electrons. The molecule has 0 spiro atoms. The molecule has 0 bridgehead atoms. The molecule has 0 saturated carbocycles. The highest BCUT2D eigenvalue weighted by molar-refractivity contribution is 6.05. The quantitative estimate of drug-likeness (QED) is 0.361. The molecule has 7 heteroatoms. The van der Waals surface area contributed by atoms with Gasteiger partial charge in [-0.1, -0.05) is 0 Å². The largest absolute Gasteiger partial charge is 0.436 e. The molecule has 7 nitrogen and oxygen atoms in total. The highest BCUT2D eigenvalue weighted by Gasteiger charge is 2.14. The van der Waals surface area contributed by atoms with E-state index in [0.29, 0.717) is 17.4 Å². The Hall–Kier alpha value is -2.70. The van der Waals surface area contributed by atoms with E-state index in [0.717, 1.165) is 0 Å². The maximum absolute atomic E-state index is 11.0. The van der Waals surface area contributed by atoms with E-state index in [1.165, 1.54) is 18.2 Å². The Morgan fingerprint density at radius 1 is 1.47 bits per heavy atom. The number of fused-ring (bicyclic) bond motifs is 1. The fraction of sp³-hybridized carbons (Fsp3) is 0.167. The minimum atomic E-state index is -0.510. The molecule has 1 aromatic heterocycles. The molecule has 0 aliphatic heterocycles. The van der Waals surface area contributed by atoms with E-state index in [1.54, 1.807) is 25.2 Å². The van der Waals surface area contributed by atoms with Crippen molar-refractivity contribution < 1.29 is 14.1 Å². The zero-order chi connectivity index (χ0) is 14.0. The van der Waals surface area contributed by atoms with Crippen molar-refractivity contribution in [3.63, 3.8) is 0 Å². The highest BCUT2D eigenvalue weighted by atomic mass is 16.6. The van der Waals surface area contributed by atoms with E-state index in [2.05, 4.69) is 4.98 Å². The Bertz CT molecular complexity index is 673. The standard InChI is InChI=1S/C12H11N3O4/c1-14(2)6-8(7-16)12-13-10-5-9(15(17)18)3-4-11(10)19-12/h3-7H,1-2H3/b8-6-. The number of hydrogen-bond donors (Lipinski definition) is 0. The van der Waals surface area contributed by atoms with Crippen molar-refractivity contribution in [1.82, 2.24) is 9.88 Å². The summed E-state index contributed by atoms with van der Waals surface area (Å²) in [5, 5.41) is 10.7. The number of oxazole rings is 1. The smallest absolute Gasteiger partial charge is 0.271 e. The summed E-state index contributed by atoms with van der Waals surface area (Å²) in [6, 6.07) is 4.09. The molecule has 19 heavy (non-hydrogen) atoms. The van der Waals surface area contributed by atoms with Crippen LogP contribution in [0.4, 0.5) is 5.69 Å². The molecule has 1 aromatic carbocycles. The maximum Gasteiger partial charge on any atom is 0.271 e. The predicted molar refractivity (Wildman–Crippen MR) is 68.4 cm³/mol. The molecule has 0 saturated heterocycles. The molecule has 0 atom stereocenters. The van der Waals surface area contributed by atoms with Crippen LogP contribution in [0.25, 0.3) is 16.7 Å². The zero-order valence-electron chi connectivity index (χ0n) is 10.4. The van der Waals surface area contributed by atoms with Crippen LogP contribution in [-0.4, -0.2) is 35.2 Å². The molecule has 0 aliphatic carbocycles. The first-order valence-corrected chi connectivity index (χ1v) is 5.40. The van der Waals surface area contributed by atoms with Crippen molar-refractivity contribution in [2.45, 2.75) is 0 Å². The first-order valence-electron chi connectivity index (χ1n) is 5.40. The van der Waals surface area contributed by atoms with Crippen LogP contribution in [0.1, 0.15) is 5.89 Å². The van der Waals surface area contributed by atoms with Gasteiger partial charge in [0.15, 0.2) is 11.9 Å². The zero-order valence-corrected chi connectivity index (χ0v) is 10.4. The number of benzene rings is 1. The lowest BCUT2D eigenvalue weighted by Crippen LogP contribution is -2.03. The second kappa shape index (κ2) is 4.89. The molecule has 0 amide bonds. The molecule has 0 unspecified atom stereocenters. The Morgan fingerprint density at radius 3 is 2.79 bits per heavy atom. The van der Waals surface area contributed by atoms with Crippen molar-refractivity contribution in [3.05, 3.63) is 40.4 Å². The van der Waals surface area contributed by atoms with Gasteiger partial charge in [0.25, 0.3) is 5.69 Å². The van der Waals surface area contributed by atoms with Crippen LogP contribution in [0.15, 0.2) is 28.8 Å². The van der Waals surface area contributed by atoms with Gasteiger partial charge in [0.05, 0.1) is 10.5 Å². The third-order valence-electron chi connectivity index (χ3n) is 2.35. The summed E-state index contributed by atoms with van der Waals surface area (Å²) >= 11 is 0. The highest BCUT2D eigenvalue weighted by Crippen LogP contribution is 2.24. The molecule has 0 aliphatic rings. The number of carbonyl (C=O) groups excluding carboxylic acids is 1. The SMILES string of the molecule is CN(C)/C=C(/C=O)c1nc2cc([N+](=O)[O-])ccc2o1. The van der Waals surface area contributed by atoms with Crippen molar-refractivity contribution in [3.8, 4) is 0 Å². The Labute approximate surface area is 108 Å². The molecule has 1 heterocycles. The summed E-state index contributed by atoms with van der Waals surface area (Å²) in [5.41, 5.74) is 0.934. The van der Waals surface area contributed by atoms with Gasteiger partial charge >= 0.3 is 0 Å². The average Bonchev–Trinajstić information content (AvgIpc) is 2.77. The van der Waals surface area contributed by atoms with Crippen molar-refractivity contribution in [2.24, 2.45) is 0 Å². The van der Waals surface area contributed by atoms with Gasteiger partial charge in [-0.15, -0.1) is 0 Å². The van der Waals surface area contributed by atoms with Gasteiger partial charge in [0.1, 0.15) is 5.52 Å². The summed E-state index contributed by atoms with van der Waals surface area (Å²) in [6.45, 7) is 0. The number of aromatic nitrogens is 1. The van der Waals surface area contributed by atoms with Gasteiger partial charge in [-0.3, -0.25) is 14.9 Å². The summed E-state index contributed by atoms with van der Waals surface area (Å²) in [4.78, 5) is 26.9. The third-order valence-corrected chi connectivity index (χ3v) is 2.35. The fourth-order valence-corrected chi connectivity index (χ4v) is 1.57. The number of nitrogens with zero attached hydrogens (tertiary/aromatic N) is 3. The third kappa shape index (κ3) is 2.59. The van der Waals surface area contributed by atoms with Crippen molar-refractivity contribution >= 4 is 28.6 Å². The van der Waals surface area contributed by atoms with Gasteiger partial charge < -0.3 is 9.32 Å². The van der Waals surface area contributed by atoms with Gasteiger partial charge in [-0.2, -0.15) is 0 Å². The first kappa shape index (κ1) is 12.7. The number of nitro groups is 1. The number of allylic oxidation sites excluding steroid dienone is 1. The lowest BCUT2D eigenvalue weighted by molar-refractivity contribution is -0.384. The summed E-state index contributed by atoms with van der Waals surface area (Å²) in [7, 11) is 3.52. The lowest BCUT2D eigenvalue weighted by atomic mass is 10.3. The molecule has 2 aromatic rings. The molecular weight excluding hydrogens is 250 g/mol. The minimum absolute atomic E-state index is 0.0726.